The molecule has 4 rings (SSSR count). The standard InChI is InChI=1S/C18H14N4O2S/c23-25(24,15-6-2-1-3-7-15)22-14-8-9-16-17(11-14)21-18(20-16)13-5-4-10-19-12-13/h1-12,22H,(H,20,21). The average molecular weight is 350 g/mol. The number of imidazole rings is 1. The van der Waals surface area contributed by atoms with Gasteiger partial charge in [-0.25, -0.2) is 13.4 Å². The van der Waals surface area contributed by atoms with Gasteiger partial charge in [0.1, 0.15) is 5.82 Å². The summed E-state index contributed by atoms with van der Waals surface area (Å²) in [5.41, 5.74) is 2.83. The molecule has 7 heteroatoms. The Morgan fingerprint density at radius 2 is 1.80 bits per heavy atom. The Kier molecular flexibility index (Phi) is 3.70. The van der Waals surface area contributed by atoms with Gasteiger partial charge in [0.15, 0.2) is 0 Å². The van der Waals surface area contributed by atoms with Crippen LogP contribution in [0.3, 0.4) is 0 Å². The number of nitrogens with zero attached hydrogens (tertiary/aromatic N) is 2. The van der Waals surface area contributed by atoms with Crippen LogP contribution in [0.5, 0.6) is 0 Å². The van der Waals surface area contributed by atoms with Crippen molar-refractivity contribution in [3.63, 3.8) is 0 Å². The van der Waals surface area contributed by atoms with E-state index in [9.17, 15) is 8.42 Å². The Labute approximate surface area is 144 Å². The molecule has 0 aliphatic rings. The molecule has 0 aliphatic carbocycles. The predicted molar refractivity (Wildman–Crippen MR) is 96.6 cm³/mol. The summed E-state index contributed by atoms with van der Waals surface area (Å²) in [5, 5.41) is 0. The summed E-state index contributed by atoms with van der Waals surface area (Å²) in [6.45, 7) is 0. The maximum atomic E-state index is 12.4. The Morgan fingerprint density at radius 3 is 2.56 bits per heavy atom. The van der Waals surface area contributed by atoms with Crippen molar-refractivity contribution >= 4 is 26.7 Å². The normalized spacial score (nSPS) is 11.5. The highest BCUT2D eigenvalue weighted by atomic mass is 32.2. The van der Waals surface area contributed by atoms with Crippen LogP contribution in [0.25, 0.3) is 22.4 Å². The Morgan fingerprint density at radius 1 is 0.960 bits per heavy atom. The molecule has 6 nitrogen and oxygen atoms in total. The lowest BCUT2D eigenvalue weighted by Crippen LogP contribution is -2.12. The number of benzene rings is 2. The van der Waals surface area contributed by atoms with Crippen molar-refractivity contribution in [3.05, 3.63) is 73.1 Å². The van der Waals surface area contributed by atoms with Gasteiger partial charge in [0.2, 0.25) is 0 Å². The van der Waals surface area contributed by atoms with Crippen molar-refractivity contribution < 1.29 is 8.42 Å². The van der Waals surface area contributed by atoms with Crippen LogP contribution in [0, 0.1) is 0 Å². The molecule has 2 heterocycles. The second-order valence-corrected chi connectivity index (χ2v) is 7.16. The van der Waals surface area contributed by atoms with Crippen LogP contribution in [-0.4, -0.2) is 23.4 Å². The van der Waals surface area contributed by atoms with Gasteiger partial charge in [-0.15, -0.1) is 0 Å². The van der Waals surface area contributed by atoms with Gasteiger partial charge in [-0.05, 0) is 42.5 Å². The summed E-state index contributed by atoms with van der Waals surface area (Å²) < 4.78 is 27.4. The summed E-state index contributed by atoms with van der Waals surface area (Å²) in [6.07, 6.45) is 3.42. The SMILES string of the molecule is O=S(=O)(Nc1ccc2nc(-c3cccnc3)[nH]c2c1)c1ccccc1. The molecule has 0 amide bonds. The van der Waals surface area contributed by atoms with Crippen LogP contribution in [0.1, 0.15) is 0 Å². The number of aromatic nitrogens is 3. The molecular formula is C18H14N4O2S. The van der Waals surface area contributed by atoms with Crippen LogP contribution >= 0.6 is 0 Å². The minimum Gasteiger partial charge on any atom is -0.338 e. The zero-order valence-corrected chi connectivity index (χ0v) is 13.9. The van der Waals surface area contributed by atoms with Gasteiger partial charge in [-0.1, -0.05) is 18.2 Å². The van der Waals surface area contributed by atoms with E-state index in [4.69, 9.17) is 0 Å². The molecule has 2 aromatic heterocycles. The number of pyridine rings is 1. The molecule has 0 atom stereocenters. The topological polar surface area (TPSA) is 87.7 Å². The van der Waals surface area contributed by atoms with Gasteiger partial charge in [-0.3, -0.25) is 9.71 Å². The van der Waals surface area contributed by atoms with E-state index in [0.29, 0.717) is 11.5 Å². The summed E-state index contributed by atoms with van der Waals surface area (Å²) >= 11 is 0. The summed E-state index contributed by atoms with van der Waals surface area (Å²) in [4.78, 5) is 12.0. The molecule has 0 spiro atoms. The fourth-order valence-corrected chi connectivity index (χ4v) is 3.60. The molecule has 2 N–H and O–H groups in total. The summed E-state index contributed by atoms with van der Waals surface area (Å²) in [6, 6.07) is 17.2. The number of hydrogen-bond acceptors (Lipinski definition) is 4. The van der Waals surface area contributed by atoms with Gasteiger partial charge >= 0.3 is 0 Å². The van der Waals surface area contributed by atoms with Crippen LogP contribution in [0.4, 0.5) is 5.69 Å². The first-order valence-electron chi connectivity index (χ1n) is 7.60. The second-order valence-electron chi connectivity index (χ2n) is 5.48. The molecule has 25 heavy (non-hydrogen) atoms. The van der Waals surface area contributed by atoms with Gasteiger partial charge in [-0.2, -0.15) is 0 Å². The summed E-state index contributed by atoms with van der Waals surface area (Å²) in [5.74, 6) is 0.686. The predicted octanol–water partition coefficient (Wildman–Crippen LogP) is 3.43. The highest BCUT2D eigenvalue weighted by molar-refractivity contribution is 7.92. The van der Waals surface area contributed by atoms with E-state index >= 15 is 0 Å². The second kappa shape index (κ2) is 6.03. The number of aromatic amines is 1. The zero-order valence-electron chi connectivity index (χ0n) is 13.0. The minimum atomic E-state index is -3.62. The maximum Gasteiger partial charge on any atom is 0.261 e. The monoisotopic (exact) mass is 350 g/mol. The molecule has 0 saturated carbocycles. The van der Waals surface area contributed by atoms with Crippen molar-refractivity contribution in [2.45, 2.75) is 4.90 Å². The third kappa shape index (κ3) is 3.09. The number of hydrogen-bond donors (Lipinski definition) is 2. The van der Waals surface area contributed by atoms with Crippen molar-refractivity contribution in [2.75, 3.05) is 4.72 Å². The molecule has 0 fully saturated rings. The molecule has 124 valence electrons. The molecule has 0 saturated heterocycles. The fraction of sp³-hybridized carbons (Fsp3) is 0. The van der Waals surface area contributed by atoms with Crippen molar-refractivity contribution in [1.82, 2.24) is 15.0 Å². The van der Waals surface area contributed by atoms with Gasteiger partial charge in [0.05, 0.1) is 21.6 Å². The van der Waals surface area contributed by atoms with E-state index in [-0.39, 0.29) is 4.90 Å². The maximum absolute atomic E-state index is 12.4. The lowest BCUT2D eigenvalue weighted by Gasteiger charge is -2.07. The molecule has 0 radical (unpaired) electrons. The number of nitrogens with one attached hydrogen (secondary N) is 2. The largest absolute Gasteiger partial charge is 0.338 e. The smallest absolute Gasteiger partial charge is 0.261 e. The number of anilines is 1. The van der Waals surface area contributed by atoms with E-state index in [1.54, 1.807) is 60.9 Å². The quantitative estimate of drug-likeness (QED) is 0.590. The van der Waals surface area contributed by atoms with Crippen LogP contribution in [-0.2, 0) is 10.0 Å². The number of rotatable bonds is 4. The highest BCUT2D eigenvalue weighted by Gasteiger charge is 2.14. The molecular weight excluding hydrogens is 336 g/mol. The highest BCUT2D eigenvalue weighted by Crippen LogP contribution is 2.23. The lowest BCUT2D eigenvalue weighted by atomic mass is 10.3. The molecule has 0 bridgehead atoms. The van der Waals surface area contributed by atoms with Crippen molar-refractivity contribution in [1.29, 1.82) is 0 Å². The first-order valence-corrected chi connectivity index (χ1v) is 9.08. The van der Waals surface area contributed by atoms with E-state index in [1.807, 2.05) is 12.1 Å². The number of H-pyrrole nitrogens is 1. The molecule has 2 aromatic carbocycles. The zero-order chi connectivity index (χ0) is 17.3. The van der Waals surface area contributed by atoms with E-state index in [2.05, 4.69) is 19.7 Å². The Hall–Kier alpha value is -3.19. The lowest BCUT2D eigenvalue weighted by molar-refractivity contribution is 0.601. The average Bonchev–Trinajstić information content (AvgIpc) is 3.06. The molecule has 0 aliphatic heterocycles. The van der Waals surface area contributed by atoms with Crippen molar-refractivity contribution in [3.8, 4) is 11.4 Å². The van der Waals surface area contributed by atoms with E-state index < -0.39 is 10.0 Å². The first-order chi connectivity index (χ1) is 12.1. The van der Waals surface area contributed by atoms with Crippen LogP contribution in [0.2, 0.25) is 0 Å². The third-order valence-electron chi connectivity index (χ3n) is 3.72. The molecule has 4 aromatic rings. The Balaban J connectivity index is 1.68. The van der Waals surface area contributed by atoms with E-state index in [0.717, 1.165) is 16.6 Å². The van der Waals surface area contributed by atoms with Gasteiger partial charge < -0.3 is 4.98 Å². The number of sulfonamides is 1. The van der Waals surface area contributed by atoms with Gasteiger partial charge in [0, 0.05) is 18.0 Å². The first kappa shape index (κ1) is 15.3. The van der Waals surface area contributed by atoms with Crippen LogP contribution < -0.4 is 4.72 Å². The third-order valence-corrected chi connectivity index (χ3v) is 5.12. The van der Waals surface area contributed by atoms with Crippen molar-refractivity contribution in [2.24, 2.45) is 0 Å². The minimum absolute atomic E-state index is 0.218. The van der Waals surface area contributed by atoms with E-state index in [1.165, 1.54) is 0 Å². The Bertz CT molecular complexity index is 1120. The van der Waals surface area contributed by atoms with Crippen LogP contribution in [0.15, 0.2) is 78.0 Å². The van der Waals surface area contributed by atoms with Gasteiger partial charge in [0.25, 0.3) is 10.0 Å². The fourth-order valence-electron chi connectivity index (χ4n) is 2.53. The molecule has 0 unspecified atom stereocenters. The summed E-state index contributed by atoms with van der Waals surface area (Å²) in [7, 11) is -3.62. The number of fused-ring (bicyclic) bond motifs is 1.